The number of halogens is 1. The van der Waals surface area contributed by atoms with Gasteiger partial charge in [0.15, 0.2) is 0 Å². The molecule has 0 aliphatic carbocycles. The molecule has 1 aromatic heterocycles. The minimum absolute atomic E-state index is 0.157. The van der Waals surface area contributed by atoms with Crippen LogP contribution in [-0.4, -0.2) is 24.0 Å². The third-order valence-electron chi connectivity index (χ3n) is 3.89. The number of likely N-dealkylation sites (N-methyl/N-ethyl adjacent to an activating group) is 1. The fourth-order valence-electron chi connectivity index (χ4n) is 2.42. The van der Waals surface area contributed by atoms with Crippen LogP contribution in [0.25, 0.3) is 0 Å². The molecule has 0 saturated carbocycles. The van der Waals surface area contributed by atoms with E-state index < -0.39 is 0 Å². The van der Waals surface area contributed by atoms with E-state index in [1.54, 1.807) is 11.3 Å². The predicted octanol–water partition coefficient (Wildman–Crippen LogP) is 4.24. The molecule has 18 heavy (non-hydrogen) atoms. The second-order valence-electron chi connectivity index (χ2n) is 5.00. The molecule has 1 rings (SSSR count). The summed E-state index contributed by atoms with van der Waals surface area (Å²) in [7, 11) is 2.21. The molecule has 0 aliphatic heterocycles. The Morgan fingerprint density at radius 3 is 2.61 bits per heavy atom. The minimum Gasteiger partial charge on any atom is -0.329 e. The Morgan fingerprint density at radius 1 is 1.44 bits per heavy atom. The van der Waals surface area contributed by atoms with Crippen LogP contribution in [0.15, 0.2) is 15.2 Å². The van der Waals surface area contributed by atoms with Gasteiger partial charge < -0.3 is 5.73 Å². The molecule has 0 fully saturated rings. The minimum atomic E-state index is 0.157. The molecule has 0 aliphatic rings. The molecule has 4 heteroatoms. The van der Waals surface area contributed by atoms with Gasteiger partial charge in [0.2, 0.25) is 0 Å². The molecule has 2 nitrogen and oxygen atoms in total. The lowest BCUT2D eigenvalue weighted by Crippen LogP contribution is -2.51. The van der Waals surface area contributed by atoms with Crippen molar-refractivity contribution in [3.05, 3.63) is 20.8 Å². The molecular formula is C14H25BrN2S. The van der Waals surface area contributed by atoms with E-state index in [9.17, 15) is 0 Å². The highest BCUT2D eigenvalue weighted by atomic mass is 79.9. The molecule has 0 spiro atoms. The Labute approximate surface area is 124 Å². The number of nitrogens with two attached hydrogens (primary N) is 1. The van der Waals surface area contributed by atoms with Gasteiger partial charge in [-0.3, -0.25) is 4.90 Å². The molecule has 1 aromatic rings. The fourth-order valence-corrected chi connectivity index (χ4v) is 3.62. The summed E-state index contributed by atoms with van der Waals surface area (Å²) < 4.78 is 1.20. The van der Waals surface area contributed by atoms with Crippen molar-refractivity contribution in [2.24, 2.45) is 5.73 Å². The number of hydrogen-bond acceptors (Lipinski definition) is 3. The van der Waals surface area contributed by atoms with E-state index in [1.807, 2.05) is 0 Å². The Hall–Kier alpha value is 0.100. The van der Waals surface area contributed by atoms with E-state index in [-0.39, 0.29) is 5.54 Å². The average Bonchev–Trinajstić information content (AvgIpc) is 2.77. The maximum atomic E-state index is 6.07. The fraction of sp³-hybridized carbons (Fsp3) is 0.714. The highest BCUT2D eigenvalue weighted by molar-refractivity contribution is 9.11. The summed E-state index contributed by atoms with van der Waals surface area (Å²) >= 11 is 5.27. The molecular weight excluding hydrogens is 308 g/mol. The van der Waals surface area contributed by atoms with Gasteiger partial charge in [-0.05, 0) is 52.8 Å². The van der Waals surface area contributed by atoms with Gasteiger partial charge in [-0.15, -0.1) is 11.3 Å². The first-order valence-electron chi connectivity index (χ1n) is 6.72. The van der Waals surface area contributed by atoms with Gasteiger partial charge in [0.1, 0.15) is 0 Å². The Balaban J connectivity index is 2.72. The second-order valence-corrected chi connectivity index (χ2v) is 7.29. The first kappa shape index (κ1) is 16.2. The van der Waals surface area contributed by atoms with Crippen LogP contribution in [0.5, 0.6) is 0 Å². The number of rotatable bonds is 8. The maximum absolute atomic E-state index is 6.07. The number of thiophene rings is 1. The highest BCUT2D eigenvalue weighted by Crippen LogP contribution is 2.28. The molecule has 0 saturated heterocycles. The molecule has 0 amide bonds. The van der Waals surface area contributed by atoms with Gasteiger partial charge in [0, 0.05) is 18.6 Å². The van der Waals surface area contributed by atoms with Crippen LogP contribution in [-0.2, 0) is 6.54 Å². The molecule has 0 radical (unpaired) electrons. The van der Waals surface area contributed by atoms with Crippen molar-refractivity contribution in [2.75, 3.05) is 13.6 Å². The molecule has 104 valence electrons. The lowest BCUT2D eigenvalue weighted by atomic mass is 9.88. The lowest BCUT2D eigenvalue weighted by Gasteiger charge is -2.41. The zero-order valence-corrected chi connectivity index (χ0v) is 14.1. The SMILES string of the molecule is CCCCC(CC)(CN)N(C)Cc1csc(Br)c1. The summed E-state index contributed by atoms with van der Waals surface area (Å²) in [6, 6.07) is 2.21. The Kier molecular flexibility index (Phi) is 6.85. The lowest BCUT2D eigenvalue weighted by molar-refractivity contribution is 0.100. The van der Waals surface area contributed by atoms with Gasteiger partial charge in [-0.2, -0.15) is 0 Å². The smallest absolute Gasteiger partial charge is 0.0701 e. The van der Waals surface area contributed by atoms with Gasteiger partial charge in [-0.25, -0.2) is 0 Å². The molecule has 2 N–H and O–H groups in total. The molecule has 0 aromatic carbocycles. The zero-order chi connectivity index (χ0) is 13.6. The number of hydrogen-bond donors (Lipinski definition) is 1. The summed E-state index contributed by atoms with van der Waals surface area (Å²) in [5, 5.41) is 2.22. The van der Waals surface area contributed by atoms with Crippen molar-refractivity contribution in [1.82, 2.24) is 4.90 Å². The van der Waals surface area contributed by atoms with Gasteiger partial charge in [-0.1, -0.05) is 26.7 Å². The van der Waals surface area contributed by atoms with Crippen LogP contribution in [0.4, 0.5) is 0 Å². The van der Waals surface area contributed by atoms with Crippen LogP contribution >= 0.6 is 27.3 Å². The van der Waals surface area contributed by atoms with Gasteiger partial charge >= 0.3 is 0 Å². The summed E-state index contributed by atoms with van der Waals surface area (Å²) in [5.74, 6) is 0. The topological polar surface area (TPSA) is 29.3 Å². The van der Waals surface area contributed by atoms with E-state index in [0.29, 0.717) is 0 Å². The average molecular weight is 333 g/mol. The van der Waals surface area contributed by atoms with E-state index >= 15 is 0 Å². The van der Waals surface area contributed by atoms with Crippen molar-refractivity contribution in [2.45, 2.75) is 51.6 Å². The van der Waals surface area contributed by atoms with Crippen LogP contribution < -0.4 is 5.73 Å². The largest absolute Gasteiger partial charge is 0.329 e. The zero-order valence-electron chi connectivity index (χ0n) is 11.7. The molecule has 1 atom stereocenters. The van der Waals surface area contributed by atoms with E-state index in [2.05, 4.69) is 53.2 Å². The van der Waals surface area contributed by atoms with E-state index in [0.717, 1.165) is 19.5 Å². The number of unbranched alkanes of at least 4 members (excludes halogenated alkanes) is 1. The third-order valence-corrected chi connectivity index (χ3v) is 5.44. The quantitative estimate of drug-likeness (QED) is 0.771. The van der Waals surface area contributed by atoms with Gasteiger partial charge in [0.05, 0.1) is 3.79 Å². The van der Waals surface area contributed by atoms with Crippen LogP contribution in [0.1, 0.15) is 45.1 Å². The van der Waals surface area contributed by atoms with Gasteiger partial charge in [0.25, 0.3) is 0 Å². The Bertz CT molecular complexity index is 347. The summed E-state index contributed by atoms with van der Waals surface area (Å²) in [6.45, 7) is 6.22. The standard InChI is InChI=1S/C14H25BrN2S/c1-4-6-7-14(5-2,11-16)17(3)9-12-8-13(15)18-10-12/h8,10H,4-7,9,11,16H2,1-3H3. The third kappa shape index (κ3) is 4.05. The van der Waals surface area contributed by atoms with E-state index in [1.165, 1.54) is 28.6 Å². The van der Waals surface area contributed by atoms with Crippen molar-refractivity contribution in [1.29, 1.82) is 0 Å². The summed E-state index contributed by atoms with van der Waals surface area (Å²) in [6.07, 6.45) is 4.80. The monoisotopic (exact) mass is 332 g/mol. The first-order valence-corrected chi connectivity index (χ1v) is 8.39. The normalized spacial score (nSPS) is 15.0. The first-order chi connectivity index (χ1) is 8.57. The number of nitrogens with zero attached hydrogens (tertiary/aromatic N) is 1. The van der Waals surface area contributed by atoms with Crippen LogP contribution in [0.2, 0.25) is 0 Å². The maximum Gasteiger partial charge on any atom is 0.0701 e. The molecule has 1 unspecified atom stereocenters. The van der Waals surface area contributed by atoms with Crippen molar-refractivity contribution >= 4 is 27.3 Å². The second kappa shape index (κ2) is 7.63. The summed E-state index contributed by atoms with van der Waals surface area (Å²) in [4.78, 5) is 2.44. The van der Waals surface area contributed by atoms with Crippen molar-refractivity contribution in [3.8, 4) is 0 Å². The predicted molar refractivity (Wildman–Crippen MR) is 85.1 cm³/mol. The van der Waals surface area contributed by atoms with E-state index in [4.69, 9.17) is 5.73 Å². The molecule has 1 heterocycles. The van der Waals surface area contributed by atoms with Crippen molar-refractivity contribution < 1.29 is 0 Å². The van der Waals surface area contributed by atoms with Crippen molar-refractivity contribution in [3.63, 3.8) is 0 Å². The summed E-state index contributed by atoms with van der Waals surface area (Å²) in [5.41, 5.74) is 7.60. The van der Waals surface area contributed by atoms with Crippen LogP contribution in [0.3, 0.4) is 0 Å². The Morgan fingerprint density at radius 2 is 2.17 bits per heavy atom. The molecule has 0 bridgehead atoms. The van der Waals surface area contributed by atoms with Crippen LogP contribution in [0, 0.1) is 0 Å². The highest BCUT2D eigenvalue weighted by Gasteiger charge is 2.30.